The SMILES string of the molecule is C=CC(=O)N1CC2(CCN(c3nc(N4CC(N5CC[C@H](C(C)(C)C)C5)C4)nc4c(OCC(F)(F)F)c(-c5c(C)ccc6[nH]ncc56)c(C5CC5)cc34)CC2)C1. The molecule has 1 aliphatic carbocycles. The summed E-state index contributed by atoms with van der Waals surface area (Å²) in [4.78, 5) is 31.6. The van der Waals surface area contributed by atoms with E-state index in [1.807, 2.05) is 24.0 Å². The Bertz CT molecular complexity index is 2150. The van der Waals surface area contributed by atoms with Crippen molar-refractivity contribution in [2.24, 2.45) is 16.7 Å². The minimum atomic E-state index is -4.55. The number of piperidine rings is 1. The van der Waals surface area contributed by atoms with Crippen LogP contribution in [0.1, 0.15) is 69.9 Å². The van der Waals surface area contributed by atoms with Gasteiger partial charge in [-0.05, 0) is 97.7 Å². The highest BCUT2D eigenvalue weighted by Gasteiger charge is 2.47. The predicted molar refractivity (Wildman–Crippen MR) is 209 cm³/mol. The first kappa shape index (κ1) is 36.3. The molecule has 5 fully saturated rings. The summed E-state index contributed by atoms with van der Waals surface area (Å²) in [6.07, 6.45) is 3.42. The highest BCUT2D eigenvalue weighted by molar-refractivity contribution is 6.06. The zero-order chi connectivity index (χ0) is 38.4. The molecule has 0 bridgehead atoms. The number of nitrogens with zero attached hydrogens (tertiary/aromatic N) is 7. The summed E-state index contributed by atoms with van der Waals surface area (Å²) in [6.45, 7) is 17.7. The van der Waals surface area contributed by atoms with Gasteiger partial charge < -0.3 is 19.4 Å². The number of halogens is 3. The zero-order valence-corrected chi connectivity index (χ0v) is 32.3. The van der Waals surface area contributed by atoms with Crippen LogP contribution in [-0.2, 0) is 4.79 Å². The number of H-pyrrole nitrogens is 1. The fourth-order valence-electron chi connectivity index (χ4n) is 9.57. The van der Waals surface area contributed by atoms with E-state index in [2.05, 4.69) is 58.3 Å². The topological polar surface area (TPSA) is 93.7 Å². The molecule has 0 unspecified atom stereocenters. The number of carbonyl (C=O) groups excluding carboxylic acids is 1. The zero-order valence-electron chi connectivity index (χ0n) is 32.3. The molecule has 4 aromatic rings. The second kappa shape index (κ2) is 13.1. The molecule has 13 heteroatoms. The van der Waals surface area contributed by atoms with Crippen LogP contribution >= 0.6 is 0 Å². The maximum atomic E-state index is 14.2. The number of alkyl halides is 3. The fraction of sp³-hybridized carbons (Fsp3) is 0.571. The van der Waals surface area contributed by atoms with Crippen molar-refractivity contribution in [2.45, 2.75) is 77.9 Å². The van der Waals surface area contributed by atoms with Gasteiger partial charge in [0, 0.05) is 73.6 Å². The highest BCUT2D eigenvalue weighted by Crippen LogP contribution is 2.53. The van der Waals surface area contributed by atoms with Crippen LogP contribution in [0.2, 0.25) is 0 Å². The van der Waals surface area contributed by atoms with Gasteiger partial charge in [-0.3, -0.25) is 14.8 Å². The fourth-order valence-corrected chi connectivity index (χ4v) is 9.57. The first-order valence-electron chi connectivity index (χ1n) is 19.9. The van der Waals surface area contributed by atoms with Gasteiger partial charge in [0.05, 0.1) is 11.7 Å². The molecule has 292 valence electrons. The third-order valence-electron chi connectivity index (χ3n) is 13.2. The maximum Gasteiger partial charge on any atom is 0.422 e. The first-order valence-corrected chi connectivity index (χ1v) is 19.9. The standard InChI is InChI=1S/C42H51F3N8O2/c1-6-33(54)53-22-41(23-53)12-15-50(16-13-41)38-30-17-29(26-8-9-26)35(34-25(2)7-10-32-31(34)18-46-49-32)37(55-24-42(43,44)45)36(30)47-39(48-38)52-20-28(21-52)51-14-11-27(19-51)40(3,4)5/h6-7,10,17-18,26-28H,1,8-9,11-16,19-24H2,2-5H3,(H,46,49)/t27-/m0/s1. The van der Waals surface area contributed by atoms with Gasteiger partial charge in [0.25, 0.3) is 0 Å². The lowest BCUT2D eigenvalue weighted by Gasteiger charge is -2.54. The van der Waals surface area contributed by atoms with Crippen LogP contribution in [0.15, 0.2) is 37.1 Å². The summed E-state index contributed by atoms with van der Waals surface area (Å²) in [5.74, 6) is 2.22. The number of hydrogen-bond donors (Lipinski definition) is 1. The highest BCUT2D eigenvalue weighted by atomic mass is 19.4. The van der Waals surface area contributed by atoms with E-state index in [4.69, 9.17) is 14.7 Å². The molecule has 6 heterocycles. The third kappa shape index (κ3) is 6.59. The first-order chi connectivity index (χ1) is 26.2. The van der Waals surface area contributed by atoms with Crippen molar-refractivity contribution >= 4 is 39.5 Å². The number of fused-ring (bicyclic) bond motifs is 2. The van der Waals surface area contributed by atoms with Crippen LogP contribution in [0.25, 0.3) is 32.9 Å². The lowest BCUT2D eigenvalue weighted by Crippen LogP contribution is -2.61. The number of nitrogens with one attached hydrogen (secondary N) is 1. The molecule has 5 aliphatic rings. The van der Waals surface area contributed by atoms with Crippen molar-refractivity contribution in [3.8, 4) is 16.9 Å². The number of hydrogen-bond acceptors (Lipinski definition) is 8. The van der Waals surface area contributed by atoms with Gasteiger partial charge in [-0.1, -0.05) is 33.4 Å². The average Bonchev–Trinajstić information content (AvgIpc) is 3.62. The molecular weight excluding hydrogens is 706 g/mol. The van der Waals surface area contributed by atoms with Gasteiger partial charge in [-0.25, -0.2) is 4.98 Å². The van der Waals surface area contributed by atoms with E-state index in [1.165, 1.54) is 12.5 Å². The molecule has 1 spiro atoms. The number of anilines is 2. The number of aryl methyl sites for hydroxylation is 1. The minimum Gasteiger partial charge on any atom is -0.481 e. The monoisotopic (exact) mass is 756 g/mol. The van der Waals surface area contributed by atoms with Gasteiger partial charge in [0.15, 0.2) is 12.4 Å². The van der Waals surface area contributed by atoms with Crippen molar-refractivity contribution < 1.29 is 22.7 Å². The molecule has 55 heavy (non-hydrogen) atoms. The lowest BCUT2D eigenvalue weighted by atomic mass is 9.72. The summed E-state index contributed by atoms with van der Waals surface area (Å²) in [7, 11) is 0. The molecule has 4 saturated heterocycles. The van der Waals surface area contributed by atoms with Gasteiger partial charge in [-0.2, -0.15) is 23.3 Å². The number of ether oxygens (including phenoxy) is 1. The molecule has 0 radical (unpaired) electrons. The van der Waals surface area contributed by atoms with Crippen molar-refractivity contribution in [3.05, 3.63) is 48.2 Å². The second-order valence-corrected chi connectivity index (χ2v) is 18.0. The van der Waals surface area contributed by atoms with Crippen LogP contribution < -0.4 is 14.5 Å². The van der Waals surface area contributed by atoms with Gasteiger partial charge in [-0.15, -0.1) is 0 Å². The van der Waals surface area contributed by atoms with Crippen LogP contribution in [0, 0.1) is 23.7 Å². The minimum absolute atomic E-state index is 0.0358. The summed E-state index contributed by atoms with van der Waals surface area (Å²) in [6, 6.07) is 6.46. The lowest BCUT2D eigenvalue weighted by molar-refractivity contribution is -0.153. The smallest absolute Gasteiger partial charge is 0.422 e. The van der Waals surface area contributed by atoms with Gasteiger partial charge in [0.2, 0.25) is 11.9 Å². The average molecular weight is 757 g/mol. The van der Waals surface area contributed by atoms with Gasteiger partial charge >= 0.3 is 6.18 Å². The number of aromatic amines is 1. The quantitative estimate of drug-likeness (QED) is 0.185. The molecule has 1 N–H and O–H groups in total. The van der Waals surface area contributed by atoms with Crippen molar-refractivity contribution in [1.82, 2.24) is 30.0 Å². The van der Waals surface area contributed by atoms with E-state index in [1.54, 1.807) is 6.20 Å². The summed E-state index contributed by atoms with van der Waals surface area (Å²) in [5, 5.41) is 8.92. The molecule has 4 aliphatic heterocycles. The number of carbonyl (C=O) groups is 1. The number of amides is 1. The van der Waals surface area contributed by atoms with E-state index in [0.717, 1.165) is 104 Å². The number of rotatable bonds is 8. The van der Waals surface area contributed by atoms with Crippen LogP contribution in [0.3, 0.4) is 0 Å². The van der Waals surface area contributed by atoms with Crippen LogP contribution in [0.4, 0.5) is 24.9 Å². The van der Waals surface area contributed by atoms with E-state index in [-0.39, 0.29) is 28.4 Å². The number of benzene rings is 2. The number of likely N-dealkylation sites (tertiary alicyclic amines) is 2. The molecule has 1 amide bonds. The Morgan fingerprint density at radius 3 is 2.40 bits per heavy atom. The van der Waals surface area contributed by atoms with E-state index >= 15 is 0 Å². The third-order valence-corrected chi connectivity index (χ3v) is 13.2. The predicted octanol–water partition coefficient (Wildman–Crippen LogP) is 7.47. The van der Waals surface area contributed by atoms with Crippen molar-refractivity contribution in [2.75, 3.05) is 68.8 Å². The van der Waals surface area contributed by atoms with E-state index in [0.29, 0.717) is 42.1 Å². The van der Waals surface area contributed by atoms with E-state index < -0.39 is 12.8 Å². The molecule has 2 aromatic heterocycles. The summed E-state index contributed by atoms with van der Waals surface area (Å²) < 4.78 is 48.5. The van der Waals surface area contributed by atoms with Crippen LogP contribution in [-0.4, -0.2) is 107 Å². The van der Waals surface area contributed by atoms with Crippen molar-refractivity contribution in [3.63, 3.8) is 0 Å². The second-order valence-electron chi connectivity index (χ2n) is 18.0. The van der Waals surface area contributed by atoms with Crippen LogP contribution in [0.5, 0.6) is 5.75 Å². The van der Waals surface area contributed by atoms with E-state index in [9.17, 15) is 18.0 Å². The van der Waals surface area contributed by atoms with Gasteiger partial charge in [0.1, 0.15) is 11.3 Å². The molecule has 2 aromatic carbocycles. The summed E-state index contributed by atoms with van der Waals surface area (Å²) >= 11 is 0. The Hall–Kier alpha value is -4.39. The Balaban J connectivity index is 1.15. The summed E-state index contributed by atoms with van der Waals surface area (Å²) in [5.41, 5.74) is 4.92. The maximum absolute atomic E-state index is 14.2. The molecule has 10 nitrogen and oxygen atoms in total. The largest absolute Gasteiger partial charge is 0.481 e. The Morgan fingerprint density at radius 1 is 1.00 bits per heavy atom. The Kier molecular flexibility index (Phi) is 8.63. The molecule has 9 rings (SSSR count). The molecular formula is C42H51F3N8O2. The number of aromatic nitrogens is 4. The Morgan fingerprint density at radius 2 is 1.75 bits per heavy atom. The van der Waals surface area contributed by atoms with Crippen molar-refractivity contribution in [1.29, 1.82) is 0 Å². The molecule has 1 saturated carbocycles. The molecule has 1 atom stereocenters. The normalized spacial score (nSPS) is 22.1. The Labute approximate surface area is 320 Å².